The molecule has 2 fully saturated rings. The predicted octanol–water partition coefficient (Wildman–Crippen LogP) is 1.67. The van der Waals surface area contributed by atoms with Crippen LogP contribution in [0.15, 0.2) is 24.3 Å². The van der Waals surface area contributed by atoms with Crippen molar-refractivity contribution in [1.82, 2.24) is 15.1 Å². The van der Waals surface area contributed by atoms with Crippen LogP contribution >= 0.6 is 24.8 Å². The highest BCUT2D eigenvalue weighted by molar-refractivity contribution is 5.94. The highest BCUT2D eigenvalue weighted by Gasteiger charge is 2.32. The van der Waals surface area contributed by atoms with Gasteiger partial charge in [-0.2, -0.15) is 0 Å². The fourth-order valence-corrected chi connectivity index (χ4v) is 3.76. The van der Waals surface area contributed by atoms with Gasteiger partial charge in [-0.05, 0) is 31.4 Å². The van der Waals surface area contributed by atoms with Gasteiger partial charge in [0.1, 0.15) is 5.82 Å². The Morgan fingerprint density at radius 1 is 1.11 bits per heavy atom. The van der Waals surface area contributed by atoms with Crippen LogP contribution in [0.2, 0.25) is 0 Å². The molecule has 0 radical (unpaired) electrons. The highest BCUT2D eigenvalue weighted by Crippen LogP contribution is 2.26. The zero-order chi connectivity index (χ0) is 18.5. The quantitative estimate of drug-likeness (QED) is 0.738. The Labute approximate surface area is 177 Å². The van der Waals surface area contributed by atoms with Crippen LogP contribution < -0.4 is 11.1 Å². The number of benzene rings is 1. The number of hydrogen-bond acceptors (Lipinski definition) is 4. The molecule has 0 spiro atoms. The molecule has 1 aliphatic heterocycles. The maximum absolute atomic E-state index is 13.6. The number of halogens is 3. The fraction of sp³-hybridized carbons (Fsp3) is 0.579. The predicted molar refractivity (Wildman–Crippen MR) is 112 cm³/mol. The zero-order valence-corrected chi connectivity index (χ0v) is 17.4. The molecule has 1 heterocycles. The number of nitrogens with two attached hydrogens (primary N) is 1. The van der Waals surface area contributed by atoms with Crippen molar-refractivity contribution >= 4 is 36.6 Å². The number of amides is 2. The molecule has 1 aliphatic carbocycles. The van der Waals surface area contributed by atoms with Gasteiger partial charge in [-0.1, -0.05) is 12.1 Å². The molecule has 3 rings (SSSR count). The van der Waals surface area contributed by atoms with Gasteiger partial charge in [0.25, 0.3) is 5.91 Å². The molecular formula is C19H29Cl2FN4O2. The van der Waals surface area contributed by atoms with E-state index in [0.717, 1.165) is 32.4 Å². The summed E-state index contributed by atoms with van der Waals surface area (Å²) in [7, 11) is 0. The van der Waals surface area contributed by atoms with Gasteiger partial charge in [-0.3, -0.25) is 14.5 Å². The molecule has 2 aliphatic rings. The molecule has 9 heteroatoms. The van der Waals surface area contributed by atoms with Crippen molar-refractivity contribution in [2.45, 2.75) is 25.3 Å². The molecule has 2 atom stereocenters. The number of piperazine rings is 1. The number of nitrogens with zero attached hydrogens (tertiary/aromatic N) is 2. The summed E-state index contributed by atoms with van der Waals surface area (Å²) >= 11 is 0. The minimum atomic E-state index is -0.510. The Balaban J connectivity index is 0.00000196. The number of nitrogens with one attached hydrogen (secondary N) is 1. The van der Waals surface area contributed by atoms with E-state index in [1.807, 2.05) is 4.90 Å². The maximum Gasteiger partial charge on any atom is 0.254 e. The Morgan fingerprint density at radius 2 is 1.79 bits per heavy atom. The average molecular weight is 435 g/mol. The molecule has 3 N–H and O–H groups in total. The number of hydrogen-bond donors (Lipinski definition) is 2. The van der Waals surface area contributed by atoms with E-state index in [1.54, 1.807) is 12.1 Å². The van der Waals surface area contributed by atoms with Crippen molar-refractivity contribution < 1.29 is 14.0 Å². The summed E-state index contributed by atoms with van der Waals surface area (Å²) in [5.74, 6) is -0.569. The molecule has 1 saturated carbocycles. The SMILES string of the molecule is Cl.Cl.NC1CCC(C(=O)N2CCN(CCNC(=O)c3ccccc3F)CC2)C1. The van der Waals surface area contributed by atoms with Gasteiger partial charge in [-0.15, -0.1) is 24.8 Å². The second-order valence-electron chi connectivity index (χ2n) is 7.17. The van der Waals surface area contributed by atoms with Crippen molar-refractivity contribution in [1.29, 1.82) is 0 Å². The number of carbonyl (C=O) groups is 2. The van der Waals surface area contributed by atoms with Crippen LogP contribution in [0.25, 0.3) is 0 Å². The summed E-state index contributed by atoms with van der Waals surface area (Å²) in [6, 6.07) is 6.13. The van der Waals surface area contributed by atoms with Crippen LogP contribution in [-0.2, 0) is 4.79 Å². The van der Waals surface area contributed by atoms with Gasteiger partial charge < -0.3 is 16.0 Å². The third-order valence-corrected chi connectivity index (χ3v) is 5.34. The number of rotatable bonds is 5. The van der Waals surface area contributed by atoms with Gasteiger partial charge in [-0.25, -0.2) is 4.39 Å². The van der Waals surface area contributed by atoms with E-state index in [2.05, 4.69) is 10.2 Å². The first kappa shape index (κ1) is 24.6. The second-order valence-corrected chi connectivity index (χ2v) is 7.17. The van der Waals surface area contributed by atoms with Gasteiger partial charge in [0.15, 0.2) is 0 Å². The summed E-state index contributed by atoms with van der Waals surface area (Å²) in [4.78, 5) is 28.6. The fourth-order valence-electron chi connectivity index (χ4n) is 3.76. The van der Waals surface area contributed by atoms with Crippen LogP contribution in [0, 0.1) is 11.7 Å². The van der Waals surface area contributed by atoms with Crippen LogP contribution in [0.4, 0.5) is 4.39 Å². The van der Waals surface area contributed by atoms with Gasteiger partial charge in [0.05, 0.1) is 5.56 Å². The summed E-state index contributed by atoms with van der Waals surface area (Å²) < 4.78 is 13.6. The van der Waals surface area contributed by atoms with E-state index in [9.17, 15) is 14.0 Å². The van der Waals surface area contributed by atoms with Crippen molar-refractivity contribution in [3.05, 3.63) is 35.6 Å². The summed E-state index contributed by atoms with van der Waals surface area (Å²) in [6.07, 6.45) is 2.65. The van der Waals surface area contributed by atoms with Gasteiger partial charge in [0.2, 0.25) is 5.91 Å². The van der Waals surface area contributed by atoms with Gasteiger partial charge in [0, 0.05) is 51.2 Å². The normalized spacial score (nSPS) is 22.1. The van der Waals surface area contributed by atoms with Crippen molar-refractivity contribution in [2.24, 2.45) is 11.7 Å². The monoisotopic (exact) mass is 434 g/mol. The Hall–Kier alpha value is -1.41. The van der Waals surface area contributed by atoms with E-state index < -0.39 is 11.7 Å². The topological polar surface area (TPSA) is 78.7 Å². The Bertz CT molecular complexity index is 657. The molecule has 158 valence electrons. The minimum absolute atomic E-state index is 0. The van der Waals surface area contributed by atoms with Crippen LogP contribution in [0.1, 0.15) is 29.6 Å². The van der Waals surface area contributed by atoms with Crippen molar-refractivity contribution in [2.75, 3.05) is 39.3 Å². The van der Waals surface area contributed by atoms with Gasteiger partial charge >= 0.3 is 0 Å². The average Bonchev–Trinajstić information content (AvgIpc) is 3.08. The highest BCUT2D eigenvalue weighted by atomic mass is 35.5. The van der Waals surface area contributed by atoms with E-state index >= 15 is 0 Å². The molecule has 1 aromatic carbocycles. The maximum atomic E-state index is 13.6. The molecule has 0 bridgehead atoms. The number of carbonyl (C=O) groups excluding carboxylic acids is 2. The van der Waals surface area contributed by atoms with Crippen LogP contribution in [-0.4, -0.2) is 66.9 Å². The van der Waals surface area contributed by atoms with Crippen LogP contribution in [0.3, 0.4) is 0 Å². The minimum Gasteiger partial charge on any atom is -0.351 e. The molecule has 2 unspecified atom stereocenters. The molecule has 2 amide bonds. The molecule has 6 nitrogen and oxygen atoms in total. The van der Waals surface area contributed by atoms with E-state index in [1.165, 1.54) is 12.1 Å². The van der Waals surface area contributed by atoms with Crippen molar-refractivity contribution in [3.8, 4) is 0 Å². The first-order chi connectivity index (χ1) is 12.5. The second kappa shape index (κ2) is 11.6. The van der Waals surface area contributed by atoms with E-state index in [4.69, 9.17) is 5.73 Å². The summed E-state index contributed by atoms with van der Waals surface area (Å²) in [5, 5.41) is 2.76. The lowest BCUT2D eigenvalue weighted by Crippen LogP contribution is -2.51. The van der Waals surface area contributed by atoms with Crippen molar-refractivity contribution in [3.63, 3.8) is 0 Å². The lowest BCUT2D eigenvalue weighted by Gasteiger charge is -2.36. The summed E-state index contributed by atoms with van der Waals surface area (Å²) in [5.41, 5.74) is 5.98. The molecule has 0 aromatic heterocycles. The van der Waals surface area contributed by atoms with E-state index in [-0.39, 0.29) is 48.2 Å². The first-order valence-corrected chi connectivity index (χ1v) is 9.34. The molecule has 1 aromatic rings. The third kappa shape index (κ3) is 6.30. The molecule has 28 heavy (non-hydrogen) atoms. The Morgan fingerprint density at radius 3 is 2.39 bits per heavy atom. The first-order valence-electron chi connectivity index (χ1n) is 9.34. The lowest BCUT2D eigenvalue weighted by molar-refractivity contribution is -0.137. The lowest BCUT2D eigenvalue weighted by atomic mass is 10.1. The standard InChI is InChI=1S/C19H27FN4O2.2ClH/c20-17-4-2-1-3-16(17)18(25)22-7-8-23-9-11-24(12-10-23)19(26)14-5-6-15(21)13-14;;/h1-4,14-15H,5-13,21H2,(H,22,25);2*1H. The Kier molecular flexibility index (Phi) is 10.2. The molecule has 1 saturated heterocycles. The third-order valence-electron chi connectivity index (χ3n) is 5.34. The molecular weight excluding hydrogens is 406 g/mol. The zero-order valence-electron chi connectivity index (χ0n) is 15.8. The largest absolute Gasteiger partial charge is 0.351 e. The summed E-state index contributed by atoms with van der Waals surface area (Å²) in [6.45, 7) is 4.16. The van der Waals surface area contributed by atoms with E-state index in [0.29, 0.717) is 26.2 Å². The van der Waals surface area contributed by atoms with Crippen LogP contribution in [0.5, 0.6) is 0 Å². The smallest absolute Gasteiger partial charge is 0.254 e.